The van der Waals surface area contributed by atoms with Crippen LogP contribution < -0.4 is 0 Å². The summed E-state index contributed by atoms with van der Waals surface area (Å²) in [5.74, 6) is -0.904. The Morgan fingerprint density at radius 3 is 2.41 bits per heavy atom. The third-order valence-electron chi connectivity index (χ3n) is 4.77. The van der Waals surface area contributed by atoms with Crippen molar-refractivity contribution in [2.24, 2.45) is 0 Å². The van der Waals surface area contributed by atoms with Gasteiger partial charge in [-0.3, -0.25) is 4.68 Å². The fraction of sp³-hybridized carbons (Fsp3) is 0.478. The largest absolute Gasteiger partial charge is 0.479 e. The van der Waals surface area contributed by atoms with Gasteiger partial charge in [-0.05, 0) is 18.4 Å². The first-order valence-corrected chi connectivity index (χ1v) is 10.2. The molecule has 4 heteroatoms. The molecular formula is C23H32N2O2. The number of carboxylic acid groups (broad SMARTS) is 1. The summed E-state index contributed by atoms with van der Waals surface area (Å²) in [7, 11) is 0. The highest BCUT2D eigenvalue weighted by Crippen LogP contribution is 2.19. The lowest BCUT2D eigenvalue weighted by molar-refractivity contribution is -0.139. The van der Waals surface area contributed by atoms with Gasteiger partial charge in [0.15, 0.2) is 6.04 Å². The van der Waals surface area contributed by atoms with Crippen molar-refractivity contribution >= 4 is 12.0 Å². The maximum atomic E-state index is 11.7. The minimum Gasteiger partial charge on any atom is -0.479 e. The number of benzene rings is 1. The van der Waals surface area contributed by atoms with E-state index in [1.165, 1.54) is 56.0 Å². The van der Waals surface area contributed by atoms with Crippen molar-refractivity contribution in [3.8, 4) is 0 Å². The van der Waals surface area contributed by atoms with Crippen molar-refractivity contribution in [2.45, 2.75) is 70.8 Å². The van der Waals surface area contributed by atoms with Gasteiger partial charge in [-0.15, -0.1) is 0 Å². The standard InChI is InChI=1S/C23H32N2O2/c1-2-3-4-5-6-7-8-9-10-12-15-20-18-24-25(19-20)22(23(26)27)21-16-13-11-14-17-21/h11-19,22H,2-10H2,1H3,(H,26,27). The molecular weight excluding hydrogens is 336 g/mol. The van der Waals surface area contributed by atoms with Crippen LogP contribution >= 0.6 is 0 Å². The van der Waals surface area contributed by atoms with E-state index in [4.69, 9.17) is 0 Å². The van der Waals surface area contributed by atoms with Crippen LogP contribution in [0.4, 0.5) is 0 Å². The zero-order chi connectivity index (χ0) is 19.3. The summed E-state index contributed by atoms with van der Waals surface area (Å²) in [6, 6.07) is 8.42. The Morgan fingerprint density at radius 1 is 1.07 bits per heavy atom. The molecule has 0 aliphatic carbocycles. The van der Waals surface area contributed by atoms with E-state index in [0.29, 0.717) is 0 Å². The molecule has 0 saturated heterocycles. The van der Waals surface area contributed by atoms with Gasteiger partial charge in [-0.2, -0.15) is 5.10 Å². The van der Waals surface area contributed by atoms with Gasteiger partial charge >= 0.3 is 5.97 Å². The quantitative estimate of drug-likeness (QED) is 0.435. The van der Waals surface area contributed by atoms with Crippen molar-refractivity contribution in [2.75, 3.05) is 0 Å². The van der Waals surface area contributed by atoms with Gasteiger partial charge in [-0.25, -0.2) is 4.79 Å². The van der Waals surface area contributed by atoms with Crippen molar-refractivity contribution in [3.63, 3.8) is 0 Å². The number of aromatic nitrogens is 2. The number of hydrogen-bond donors (Lipinski definition) is 1. The highest BCUT2D eigenvalue weighted by Gasteiger charge is 2.22. The van der Waals surface area contributed by atoms with E-state index in [0.717, 1.165) is 17.5 Å². The smallest absolute Gasteiger partial charge is 0.333 e. The number of rotatable bonds is 13. The van der Waals surface area contributed by atoms with Crippen LogP contribution in [-0.4, -0.2) is 20.9 Å². The highest BCUT2D eigenvalue weighted by molar-refractivity contribution is 5.76. The first-order valence-electron chi connectivity index (χ1n) is 10.2. The lowest BCUT2D eigenvalue weighted by Gasteiger charge is -2.12. The van der Waals surface area contributed by atoms with Crippen molar-refractivity contribution in [1.29, 1.82) is 0 Å². The molecule has 1 unspecified atom stereocenters. The number of allylic oxidation sites excluding steroid dienone is 1. The number of unbranched alkanes of at least 4 members (excludes halogenated alkanes) is 8. The zero-order valence-electron chi connectivity index (χ0n) is 16.4. The van der Waals surface area contributed by atoms with Crippen LogP contribution in [0.5, 0.6) is 0 Å². The molecule has 4 nitrogen and oxygen atoms in total. The number of carboxylic acids is 1. The number of aliphatic carboxylic acids is 1. The molecule has 0 fully saturated rings. The molecule has 1 aromatic carbocycles. The van der Waals surface area contributed by atoms with Crippen LogP contribution in [0.25, 0.3) is 6.08 Å². The molecule has 0 saturated carbocycles. The second kappa shape index (κ2) is 12.1. The molecule has 0 amide bonds. The monoisotopic (exact) mass is 368 g/mol. The maximum Gasteiger partial charge on any atom is 0.333 e. The molecule has 27 heavy (non-hydrogen) atoms. The molecule has 2 aromatic rings. The maximum absolute atomic E-state index is 11.7. The molecule has 0 radical (unpaired) electrons. The third kappa shape index (κ3) is 7.41. The van der Waals surface area contributed by atoms with Crippen LogP contribution in [0, 0.1) is 0 Å². The predicted molar refractivity (Wildman–Crippen MR) is 111 cm³/mol. The SMILES string of the molecule is CCCCCCCCCCC=Cc1cnn(C(C(=O)O)c2ccccc2)c1. The molecule has 1 aromatic heterocycles. The lowest BCUT2D eigenvalue weighted by atomic mass is 10.1. The van der Waals surface area contributed by atoms with Gasteiger partial charge in [0.05, 0.1) is 6.20 Å². The number of hydrogen-bond acceptors (Lipinski definition) is 2. The lowest BCUT2D eigenvalue weighted by Crippen LogP contribution is -2.20. The van der Waals surface area contributed by atoms with Gasteiger partial charge in [-0.1, -0.05) is 94.4 Å². The first kappa shape index (κ1) is 20.9. The molecule has 0 aliphatic heterocycles. The number of nitrogens with zero attached hydrogens (tertiary/aromatic N) is 2. The molecule has 0 aliphatic rings. The van der Waals surface area contributed by atoms with Crippen LogP contribution in [0.2, 0.25) is 0 Å². The molecule has 146 valence electrons. The summed E-state index contributed by atoms with van der Waals surface area (Å²) in [4.78, 5) is 11.7. The van der Waals surface area contributed by atoms with Gasteiger partial charge in [0.1, 0.15) is 0 Å². The van der Waals surface area contributed by atoms with Crippen molar-refractivity contribution < 1.29 is 9.90 Å². The minimum absolute atomic E-state index is 0.725. The topological polar surface area (TPSA) is 55.1 Å². The molecule has 0 spiro atoms. The Kier molecular flexibility index (Phi) is 9.39. The number of carbonyl (C=O) groups is 1. The van der Waals surface area contributed by atoms with Crippen molar-refractivity contribution in [3.05, 3.63) is 59.9 Å². The Morgan fingerprint density at radius 2 is 1.74 bits per heavy atom. The van der Waals surface area contributed by atoms with Gasteiger partial charge < -0.3 is 5.11 Å². The molecule has 1 atom stereocenters. The molecule has 0 bridgehead atoms. The summed E-state index contributed by atoms with van der Waals surface area (Å²) < 4.78 is 1.52. The van der Waals surface area contributed by atoms with Crippen LogP contribution in [-0.2, 0) is 4.79 Å². The summed E-state index contributed by atoms with van der Waals surface area (Å²) in [5, 5.41) is 13.8. The summed E-state index contributed by atoms with van der Waals surface area (Å²) in [5.41, 5.74) is 1.67. The molecule has 1 N–H and O–H groups in total. The highest BCUT2D eigenvalue weighted by atomic mass is 16.4. The van der Waals surface area contributed by atoms with E-state index < -0.39 is 12.0 Å². The second-order valence-electron chi connectivity index (χ2n) is 7.07. The van der Waals surface area contributed by atoms with Gasteiger partial charge in [0, 0.05) is 11.8 Å². The fourth-order valence-electron chi connectivity index (χ4n) is 3.24. The van der Waals surface area contributed by atoms with E-state index in [1.54, 1.807) is 12.4 Å². The molecule has 2 rings (SSSR count). The Bertz CT molecular complexity index is 691. The van der Waals surface area contributed by atoms with Crippen LogP contribution in [0.3, 0.4) is 0 Å². The van der Waals surface area contributed by atoms with Gasteiger partial charge in [0.2, 0.25) is 0 Å². The van der Waals surface area contributed by atoms with E-state index in [1.807, 2.05) is 36.4 Å². The third-order valence-corrected chi connectivity index (χ3v) is 4.77. The van der Waals surface area contributed by atoms with Gasteiger partial charge in [0.25, 0.3) is 0 Å². The normalized spacial score (nSPS) is 12.5. The zero-order valence-corrected chi connectivity index (χ0v) is 16.4. The summed E-state index contributed by atoms with van der Waals surface area (Å²) >= 11 is 0. The minimum atomic E-state index is -0.904. The summed E-state index contributed by atoms with van der Waals surface area (Å²) in [6.07, 6.45) is 19.4. The Balaban J connectivity index is 1.76. The van der Waals surface area contributed by atoms with E-state index in [2.05, 4.69) is 18.1 Å². The second-order valence-corrected chi connectivity index (χ2v) is 7.07. The average molecular weight is 369 g/mol. The average Bonchev–Trinajstić information content (AvgIpc) is 3.12. The van der Waals surface area contributed by atoms with Crippen LogP contribution in [0.15, 0.2) is 48.8 Å². The molecule has 1 heterocycles. The van der Waals surface area contributed by atoms with Crippen LogP contribution in [0.1, 0.15) is 81.9 Å². The van der Waals surface area contributed by atoms with Crippen molar-refractivity contribution in [1.82, 2.24) is 9.78 Å². The Hall–Kier alpha value is -2.36. The Labute approximate surface area is 162 Å². The first-order chi connectivity index (χ1) is 13.2. The van der Waals surface area contributed by atoms with E-state index in [-0.39, 0.29) is 0 Å². The van der Waals surface area contributed by atoms with E-state index >= 15 is 0 Å². The van der Waals surface area contributed by atoms with E-state index in [9.17, 15) is 9.90 Å². The summed E-state index contributed by atoms with van der Waals surface area (Å²) in [6.45, 7) is 2.25. The fourth-order valence-corrected chi connectivity index (χ4v) is 3.24. The predicted octanol–water partition coefficient (Wildman–Crippen LogP) is 6.10.